The molecule has 1 aromatic carbocycles. The lowest BCUT2D eigenvalue weighted by atomic mass is 10.1. The van der Waals surface area contributed by atoms with E-state index in [1.165, 1.54) is 13.1 Å². The van der Waals surface area contributed by atoms with Crippen LogP contribution < -0.4 is 9.46 Å². The number of hydrogen-bond donors (Lipinski definition) is 2. The van der Waals surface area contributed by atoms with Gasteiger partial charge in [0, 0.05) is 5.39 Å². The molecule has 0 fully saturated rings. The molecule has 34 heavy (non-hydrogen) atoms. The van der Waals surface area contributed by atoms with Crippen LogP contribution in [0.1, 0.15) is 36.7 Å². The molecule has 3 heterocycles. The van der Waals surface area contributed by atoms with Gasteiger partial charge in [-0.25, -0.2) is 26.6 Å². The summed E-state index contributed by atoms with van der Waals surface area (Å²) in [4.78, 5) is 7.39. The summed E-state index contributed by atoms with van der Waals surface area (Å²) in [6, 6.07) is 4.26. The third kappa shape index (κ3) is 4.53. The lowest BCUT2D eigenvalue weighted by molar-refractivity contribution is 0.292. The SMILES string of the molecule is Cc1ncc(F)cc1S(=O)(=O)Nc1ccc(F)c(COc2cnc3[nH]nc(C(C)C)c3c2)c1F. The first-order valence-corrected chi connectivity index (χ1v) is 11.6. The van der Waals surface area contributed by atoms with E-state index in [0.29, 0.717) is 11.0 Å². The average molecular weight is 491 g/mol. The predicted octanol–water partition coefficient (Wildman–Crippen LogP) is 4.58. The second-order valence-electron chi connectivity index (χ2n) is 7.85. The van der Waals surface area contributed by atoms with E-state index in [9.17, 15) is 17.2 Å². The molecule has 12 heteroatoms. The van der Waals surface area contributed by atoms with Crippen molar-refractivity contribution in [3.63, 3.8) is 0 Å². The fourth-order valence-electron chi connectivity index (χ4n) is 3.35. The summed E-state index contributed by atoms with van der Waals surface area (Å²) < 4.78 is 75.9. The number of pyridine rings is 2. The summed E-state index contributed by atoms with van der Waals surface area (Å²) in [5.41, 5.74) is 0.318. The van der Waals surface area contributed by atoms with Crippen molar-refractivity contribution in [1.82, 2.24) is 20.2 Å². The Morgan fingerprint density at radius 2 is 1.88 bits per heavy atom. The van der Waals surface area contributed by atoms with Gasteiger partial charge in [-0.05, 0) is 37.1 Å². The highest BCUT2D eigenvalue weighted by Gasteiger charge is 2.23. The van der Waals surface area contributed by atoms with E-state index >= 15 is 4.39 Å². The molecular formula is C22H20F3N5O3S. The van der Waals surface area contributed by atoms with E-state index in [1.54, 1.807) is 6.07 Å². The van der Waals surface area contributed by atoms with Gasteiger partial charge in [-0.2, -0.15) is 5.10 Å². The zero-order chi connectivity index (χ0) is 24.6. The monoisotopic (exact) mass is 491 g/mol. The number of halogens is 3. The van der Waals surface area contributed by atoms with Crippen LogP contribution in [0.5, 0.6) is 5.75 Å². The summed E-state index contributed by atoms with van der Waals surface area (Å²) in [5.74, 6) is -2.59. The summed E-state index contributed by atoms with van der Waals surface area (Å²) >= 11 is 0. The van der Waals surface area contributed by atoms with Crippen molar-refractivity contribution < 1.29 is 26.3 Å². The summed E-state index contributed by atoms with van der Waals surface area (Å²) in [7, 11) is -4.39. The van der Waals surface area contributed by atoms with Crippen LogP contribution in [0.15, 0.2) is 41.6 Å². The van der Waals surface area contributed by atoms with Crippen LogP contribution in [0.3, 0.4) is 0 Å². The van der Waals surface area contributed by atoms with E-state index in [-0.39, 0.29) is 17.4 Å². The molecule has 0 aliphatic carbocycles. The van der Waals surface area contributed by atoms with Gasteiger partial charge < -0.3 is 4.74 Å². The number of rotatable bonds is 7. The molecular weight excluding hydrogens is 471 g/mol. The number of aryl methyl sites for hydroxylation is 1. The minimum atomic E-state index is -4.39. The molecule has 4 rings (SSSR count). The van der Waals surface area contributed by atoms with Gasteiger partial charge in [-0.3, -0.25) is 14.8 Å². The van der Waals surface area contributed by atoms with Crippen LogP contribution in [0.4, 0.5) is 18.9 Å². The number of nitrogens with one attached hydrogen (secondary N) is 2. The second-order valence-corrected chi connectivity index (χ2v) is 9.50. The van der Waals surface area contributed by atoms with Crippen molar-refractivity contribution in [1.29, 1.82) is 0 Å². The molecule has 4 aromatic rings. The lowest BCUT2D eigenvalue weighted by Crippen LogP contribution is -2.17. The molecule has 178 valence electrons. The van der Waals surface area contributed by atoms with Gasteiger partial charge in [0.1, 0.15) is 28.9 Å². The number of nitrogens with zero attached hydrogens (tertiary/aromatic N) is 3. The van der Waals surface area contributed by atoms with E-state index in [2.05, 4.69) is 20.2 Å². The summed E-state index contributed by atoms with van der Waals surface area (Å²) in [6.45, 7) is 4.75. The molecule has 0 atom stereocenters. The molecule has 0 bridgehead atoms. The molecule has 0 spiro atoms. The Morgan fingerprint density at radius 1 is 1.12 bits per heavy atom. The minimum absolute atomic E-state index is 0.0166. The van der Waals surface area contributed by atoms with Crippen LogP contribution >= 0.6 is 0 Å². The van der Waals surface area contributed by atoms with Crippen LogP contribution in [-0.4, -0.2) is 28.6 Å². The van der Waals surface area contributed by atoms with Crippen molar-refractivity contribution in [2.24, 2.45) is 0 Å². The van der Waals surface area contributed by atoms with Crippen molar-refractivity contribution >= 4 is 26.7 Å². The smallest absolute Gasteiger partial charge is 0.263 e. The molecule has 0 saturated heterocycles. The quantitative estimate of drug-likeness (QED) is 0.392. The minimum Gasteiger partial charge on any atom is -0.487 e. The van der Waals surface area contributed by atoms with E-state index in [4.69, 9.17) is 4.74 Å². The number of fused-ring (bicyclic) bond motifs is 1. The zero-order valence-electron chi connectivity index (χ0n) is 18.4. The standard InChI is InChI=1S/C22H20F3N5O3S/c1-11(2)21-15-7-14(9-27-22(15)29-28-21)33-10-16-17(24)4-5-18(20(16)25)30-34(31,32)19-6-13(23)8-26-12(19)3/h4-9,11,30H,10H2,1-3H3,(H,27,28,29). The van der Waals surface area contributed by atoms with Gasteiger partial charge in [-0.1, -0.05) is 13.8 Å². The molecule has 3 aromatic heterocycles. The Bertz CT molecular complexity index is 1490. The number of anilines is 1. The number of H-pyrrole nitrogens is 1. The number of hydrogen-bond acceptors (Lipinski definition) is 6. The van der Waals surface area contributed by atoms with Crippen LogP contribution in [-0.2, 0) is 16.6 Å². The van der Waals surface area contributed by atoms with E-state index < -0.39 is 50.2 Å². The van der Waals surface area contributed by atoms with Gasteiger partial charge in [0.15, 0.2) is 11.5 Å². The Balaban J connectivity index is 1.60. The van der Waals surface area contributed by atoms with E-state index in [1.807, 2.05) is 18.6 Å². The van der Waals surface area contributed by atoms with Crippen LogP contribution in [0.25, 0.3) is 11.0 Å². The fraction of sp³-hybridized carbons (Fsp3) is 0.227. The van der Waals surface area contributed by atoms with Gasteiger partial charge in [-0.15, -0.1) is 0 Å². The fourth-order valence-corrected chi connectivity index (χ4v) is 4.61. The highest BCUT2D eigenvalue weighted by atomic mass is 32.2. The van der Waals surface area contributed by atoms with Gasteiger partial charge in [0.05, 0.1) is 35.0 Å². The first-order chi connectivity index (χ1) is 16.1. The first kappa shape index (κ1) is 23.5. The Hall–Kier alpha value is -3.67. The zero-order valence-corrected chi connectivity index (χ0v) is 19.2. The maximum Gasteiger partial charge on any atom is 0.263 e. The van der Waals surface area contributed by atoms with E-state index in [0.717, 1.165) is 30.1 Å². The molecule has 0 aliphatic heterocycles. The average Bonchev–Trinajstić information content (AvgIpc) is 3.21. The maximum atomic E-state index is 15.1. The third-order valence-electron chi connectivity index (χ3n) is 5.08. The van der Waals surface area contributed by atoms with Gasteiger partial charge >= 0.3 is 0 Å². The maximum absolute atomic E-state index is 15.1. The molecule has 0 saturated carbocycles. The van der Waals surface area contributed by atoms with Crippen molar-refractivity contribution in [2.45, 2.75) is 38.2 Å². The lowest BCUT2D eigenvalue weighted by Gasteiger charge is -2.14. The highest BCUT2D eigenvalue weighted by molar-refractivity contribution is 7.92. The van der Waals surface area contributed by atoms with Gasteiger partial charge in [0.25, 0.3) is 10.0 Å². The first-order valence-electron chi connectivity index (χ1n) is 10.2. The third-order valence-corrected chi connectivity index (χ3v) is 6.56. The van der Waals surface area contributed by atoms with Crippen LogP contribution in [0.2, 0.25) is 0 Å². The number of aromatic amines is 1. The second kappa shape index (κ2) is 8.93. The number of benzene rings is 1. The Morgan fingerprint density at radius 3 is 2.62 bits per heavy atom. The molecule has 0 amide bonds. The van der Waals surface area contributed by atoms with Crippen molar-refractivity contribution in [2.75, 3.05) is 4.72 Å². The molecule has 0 unspecified atom stereocenters. The largest absolute Gasteiger partial charge is 0.487 e. The molecule has 2 N–H and O–H groups in total. The van der Waals surface area contributed by atoms with Crippen LogP contribution in [0, 0.1) is 24.4 Å². The van der Waals surface area contributed by atoms with Crippen molar-refractivity contribution in [3.8, 4) is 5.75 Å². The Labute approximate surface area is 193 Å². The number of sulfonamides is 1. The molecule has 8 nitrogen and oxygen atoms in total. The highest BCUT2D eigenvalue weighted by Crippen LogP contribution is 2.28. The predicted molar refractivity (Wildman–Crippen MR) is 118 cm³/mol. The normalized spacial score (nSPS) is 11.9. The van der Waals surface area contributed by atoms with Crippen molar-refractivity contribution in [3.05, 3.63) is 71.1 Å². The topological polar surface area (TPSA) is 110 Å². The summed E-state index contributed by atoms with van der Waals surface area (Å²) in [6.07, 6.45) is 2.24. The Kier molecular flexibility index (Phi) is 6.17. The molecule has 0 aliphatic rings. The summed E-state index contributed by atoms with van der Waals surface area (Å²) in [5, 5.41) is 7.73. The van der Waals surface area contributed by atoms with Gasteiger partial charge in [0.2, 0.25) is 0 Å². The molecule has 0 radical (unpaired) electrons. The number of ether oxygens (including phenoxy) is 1. The number of aromatic nitrogens is 4.